The summed E-state index contributed by atoms with van der Waals surface area (Å²) in [7, 11) is 0. The number of aromatic hydroxyl groups is 4. The predicted molar refractivity (Wildman–Crippen MR) is 137 cm³/mol. The third kappa shape index (κ3) is 4.37. The molecule has 0 aliphatic heterocycles. The molecular formula is C30H28O5. The highest BCUT2D eigenvalue weighted by Crippen LogP contribution is 2.38. The quantitative estimate of drug-likeness (QED) is 0.234. The molecule has 0 spiro atoms. The van der Waals surface area contributed by atoms with Crippen LogP contribution in [0.3, 0.4) is 0 Å². The van der Waals surface area contributed by atoms with Crippen LogP contribution in [-0.2, 0) is 12.8 Å². The summed E-state index contributed by atoms with van der Waals surface area (Å²) in [4.78, 5) is 0. The van der Waals surface area contributed by atoms with Gasteiger partial charge in [0.1, 0.15) is 23.0 Å². The molecule has 178 valence electrons. The fourth-order valence-corrected chi connectivity index (χ4v) is 5.10. The molecule has 4 aromatic carbocycles. The van der Waals surface area contributed by atoms with Gasteiger partial charge in [-0.1, -0.05) is 36.8 Å². The number of allylic oxidation sites excluding steroid dienone is 1. The average Bonchev–Trinajstić information content (AvgIpc) is 2.78. The Morgan fingerprint density at radius 2 is 1.37 bits per heavy atom. The maximum absolute atomic E-state index is 11.2. The highest BCUT2D eigenvalue weighted by Gasteiger charge is 2.21. The number of aliphatic hydroxyl groups is 1. The van der Waals surface area contributed by atoms with Crippen LogP contribution in [0.15, 0.2) is 60.4 Å². The second kappa shape index (κ2) is 8.58. The first-order valence-corrected chi connectivity index (χ1v) is 11.7. The zero-order valence-electron chi connectivity index (χ0n) is 19.7. The van der Waals surface area contributed by atoms with Gasteiger partial charge in [0.25, 0.3) is 0 Å². The Morgan fingerprint density at radius 1 is 0.714 bits per heavy atom. The number of phenols is 4. The van der Waals surface area contributed by atoms with E-state index in [0.29, 0.717) is 47.3 Å². The minimum Gasteiger partial charge on any atom is -0.512 e. The van der Waals surface area contributed by atoms with Gasteiger partial charge in [0.2, 0.25) is 0 Å². The SMILES string of the molecule is Cc1cc(Cc2cc3c(cc2O)C=C(O)CC3C)c(O)c(Cc2cc3ccc(O)cc3cc2O)c1. The lowest BCUT2D eigenvalue weighted by Gasteiger charge is -2.22. The molecule has 5 nitrogen and oxygen atoms in total. The van der Waals surface area contributed by atoms with Crippen LogP contribution in [0, 0.1) is 6.92 Å². The molecule has 0 fully saturated rings. The summed E-state index contributed by atoms with van der Waals surface area (Å²) in [5.41, 5.74) is 5.62. The van der Waals surface area contributed by atoms with Crippen molar-refractivity contribution in [1.82, 2.24) is 0 Å². The minimum atomic E-state index is 0.100. The van der Waals surface area contributed by atoms with E-state index < -0.39 is 0 Å². The molecule has 0 radical (unpaired) electrons. The van der Waals surface area contributed by atoms with Crippen LogP contribution >= 0.6 is 0 Å². The number of rotatable bonds is 4. The Balaban J connectivity index is 1.50. The van der Waals surface area contributed by atoms with Gasteiger partial charge in [-0.3, -0.25) is 0 Å². The zero-order chi connectivity index (χ0) is 24.9. The molecule has 1 aliphatic carbocycles. The van der Waals surface area contributed by atoms with E-state index in [-0.39, 0.29) is 28.9 Å². The molecular weight excluding hydrogens is 440 g/mol. The summed E-state index contributed by atoms with van der Waals surface area (Å²) in [6.07, 6.45) is 2.94. The summed E-state index contributed by atoms with van der Waals surface area (Å²) < 4.78 is 0. The topological polar surface area (TPSA) is 101 Å². The third-order valence-corrected chi connectivity index (χ3v) is 6.85. The summed E-state index contributed by atoms with van der Waals surface area (Å²) in [5.74, 6) is 0.949. The van der Waals surface area contributed by atoms with Crippen molar-refractivity contribution < 1.29 is 25.5 Å². The normalized spacial score (nSPS) is 15.1. The number of hydrogen-bond acceptors (Lipinski definition) is 5. The zero-order valence-corrected chi connectivity index (χ0v) is 19.7. The van der Waals surface area contributed by atoms with Gasteiger partial charge in [0.15, 0.2) is 0 Å². The number of hydrogen-bond donors (Lipinski definition) is 5. The van der Waals surface area contributed by atoms with Gasteiger partial charge in [0.05, 0.1) is 5.76 Å². The molecule has 5 heteroatoms. The molecule has 0 bridgehead atoms. The molecule has 0 amide bonds. The van der Waals surface area contributed by atoms with Crippen LogP contribution in [0.4, 0.5) is 0 Å². The first kappa shape index (κ1) is 22.7. The van der Waals surface area contributed by atoms with E-state index in [9.17, 15) is 25.5 Å². The van der Waals surface area contributed by atoms with E-state index in [1.165, 1.54) is 0 Å². The van der Waals surface area contributed by atoms with E-state index in [2.05, 4.69) is 0 Å². The second-order valence-electron chi connectivity index (χ2n) is 9.65. The molecule has 0 saturated heterocycles. The van der Waals surface area contributed by atoms with Crippen molar-refractivity contribution in [1.29, 1.82) is 0 Å². The van der Waals surface area contributed by atoms with Crippen LogP contribution in [-0.4, -0.2) is 25.5 Å². The molecule has 4 aromatic rings. The largest absolute Gasteiger partial charge is 0.512 e. The number of aliphatic hydroxyl groups excluding tert-OH is 1. The Morgan fingerprint density at radius 3 is 2.09 bits per heavy atom. The lowest BCUT2D eigenvalue weighted by atomic mass is 9.85. The first-order valence-electron chi connectivity index (χ1n) is 11.7. The number of phenolic OH excluding ortho intramolecular Hbond substituents is 4. The standard InChI is InChI=1S/C30H28O5/c1-16-5-23(9-21-8-18-3-4-25(31)11-19(18)14-28(21)33)30(35)24(6-16)10-22-13-27-17(2)7-26(32)12-20(27)15-29(22)34/h3-6,8,11-15,17,31-35H,7,9-10H2,1-2H3. The molecule has 1 unspecified atom stereocenters. The van der Waals surface area contributed by atoms with E-state index in [0.717, 1.165) is 27.5 Å². The average molecular weight is 469 g/mol. The molecule has 1 aliphatic rings. The van der Waals surface area contributed by atoms with Crippen molar-refractivity contribution >= 4 is 16.8 Å². The van der Waals surface area contributed by atoms with Crippen molar-refractivity contribution in [3.8, 4) is 23.0 Å². The maximum Gasteiger partial charge on any atom is 0.122 e. The van der Waals surface area contributed by atoms with Gasteiger partial charge in [-0.15, -0.1) is 0 Å². The molecule has 0 heterocycles. The number of benzene rings is 4. The molecule has 0 saturated carbocycles. The number of aryl methyl sites for hydroxylation is 1. The van der Waals surface area contributed by atoms with Gasteiger partial charge in [-0.05, 0) is 93.4 Å². The van der Waals surface area contributed by atoms with E-state index in [1.807, 2.05) is 38.1 Å². The number of fused-ring (bicyclic) bond motifs is 2. The summed E-state index contributed by atoms with van der Waals surface area (Å²) in [6, 6.07) is 15.9. The van der Waals surface area contributed by atoms with Gasteiger partial charge in [0, 0.05) is 19.3 Å². The molecule has 5 N–H and O–H groups in total. The van der Waals surface area contributed by atoms with Crippen LogP contribution in [0.25, 0.3) is 16.8 Å². The molecule has 35 heavy (non-hydrogen) atoms. The summed E-state index contributed by atoms with van der Waals surface area (Å²) in [5, 5.41) is 53.7. The van der Waals surface area contributed by atoms with E-state index in [1.54, 1.807) is 36.4 Å². The van der Waals surface area contributed by atoms with Gasteiger partial charge >= 0.3 is 0 Å². The second-order valence-corrected chi connectivity index (χ2v) is 9.65. The van der Waals surface area contributed by atoms with Crippen LogP contribution in [0.1, 0.15) is 58.2 Å². The van der Waals surface area contributed by atoms with E-state index in [4.69, 9.17) is 0 Å². The Labute approximate surface area is 203 Å². The smallest absolute Gasteiger partial charge is 0.122 e. The summed E-state index contributed by atoms with van der Waals surface area (Å²) >= 11 is 0. The third-order valence-electron chi connectivity index (χ3n) is 6.85. The first-order chi connectivity index (χ1) is 16.7. The minimum absolute atomic E-state index is 0.100. The van der Waals surface area contributed by atoms with Gasteiger partial charge < -0.3 is 25.5 Å². The van der Waals surface area contributed by atoms with Crippen molar-refractivity contribution in [3.63, 3.8) is 0 Å². The monoisotopic (exact) mass is 468 g/mol. The predicted octanol–water partition coefficient (Wildman–Crippen LogP) is 6.56. The molecule has 5 rings (SSSR count). The van der Waals surface area contributed by atoms with Gasteiger partial charge in [-0.25, -0.2) is 0 Å². The van der Waals surface area contributed by atoms with Crippen molar-refractivity contribution in [3.05, 3.63) is 99.3 Å². The maximum atomic E-state index is 11.2. The van der Waals surface area contributed by atoms with E-state index >= 15 is 0 Å². The Bertz CT molecular complexity index is 1500. The fourth-order valence-electron chi connectivity index (χ4n) is 5.10. The van der Waals surface area contributed by atoms with Crippen molar-refractivity contribution in [2.24, 2.45) is 0 Å². The van der Waals surface area contributed by atoms with Crippen LogP contribution in [0.5, 0.6) is 23.0 Å². The van der Waals surface area contributed by atoms with Crippen LogP contribution < -0.4 is 0 Å². The molecule has 1 atom stereocenters. The highest BCUT2D eigenvalue weighted by atomic mass is 16.3. The fraction of sp³-hybridized carbons (Fsp3) is 0.200. The lowest BCUT2D eigenvalue weighted by Crippen LogP contribution is -2.06. The lowest BCUT2D eigenvalue weighted by molar-refractivity contribution is 0.379. The van der Waals surface area contributed by atoms with Crippen molar-refractivity contribution in [2.75, 3.05) is 0 Å². The Hall–Kier alpha value is -4.12. The van der Waals surface area contributed by atoms with Crippen molar-refractivity contribution in [2.45, 2.75) is 39.0 Å². The molecule has 0 aromatic heterocycles. The highest BCUT2D eigenvalue weighted by molar-refractivity contribution is 5.86. The van der Waals surface area contributed by atoms with Gasteiger partial charge in [-0.2, -0.15) is 0 Å². The Kier molecular flexibility index (Phi) is 5.56. The van der Waals surface area contributed by atoms with Crippen LogP contribution in [0.2, 0.25) is 0 Å². The summed E-state index contributed by atoms with van der Waals surface area (Å²) in [6.45, 7) is 4.00.